The van der Waals surface area contributed by atoms with Crippen LogP contribution in [0.4, 0.5) is 0 Å². The van der Waals surface area contributed by atoms with E-state index in [1.54, 1.807) is 0 Å². The van der Waals surface area contributed by atoms with Crippen molar-refractivity contribution in [1.82, 2.24) is 0 Å². The van der Waals surface area contributed by atoms with E-state index in [9.17, 15) is 4.79 Å². The molecule has 0 bridgehead atoms. The van der Waals surface area contributed by atoms with Crippen molar-refractivity contribution in [1.29, 1.82) is 5.26 Å². The van der Waals surface area contributed by atoms with Crippen LogP contribution in [0.5, 0.6) is 0 Å². The maximum absolute atomic E-state index is 10.4. The van der Waals surface area contributed by atoms with Gasteiger partial charge in [-0.1, -0.05) is 5.11 Å². The van der Waals surface area contributed by atoms with Crippen LogP contribution in [0.25, 0.3) is 10.4 Å². The molecule has 11 heavy (non-hydrogen) atoms. The average molecular weight is 173 g/mol. The van der Waals surface area contributed by atoms with Crippen molar-refractivity contribution in [3.8, 4) is 6.07 Å². The molecule has 0 aromatic heterocycles. The fourth-order valence-corrected chi connectivity index (χ4v) is 0.633. The molecule has 0 spiro atoms. The first-order valence-corrected chi connectivity index (χ1v) is 3.20. The summed E-state index contributed by atoms with van der Waals surface area (Å²) in [6, 6.07) is 0.916. The van der Waals surface area contributed by atoms with Gasteiger partial charge < -0.3 is 0 Å². The van der Waals surface area contributed by atoms with Crippen LogP contribution in [0.15, 0.2) is 5.11 Å². The van der Waals surface area contributed by atoms with Crippen molar-refractivity contribution < 1.29 is 4.79 Å². The maximum Gasteiger partial charge on any atom is 0.230 e. The molecule has 58 valence electrons. The summed E-state index contributed by atoms with van der Waals surface area (Å²) in [7, 11) is 0. The molecule has 0 radical (unpaired) electrons. The van der Waals surface area contributed by atoms with Crippen molar-refractivity contribution in [2.24, 2.45) is 5.11 Å². The van der Waals surface area contributed by atoms with Crippen molar-refractivity contribution in [2.75, 3.05) is 0 Å². The number of hydrogen-bond donors (Lipinski definition) is 0. The SMILES string of the molecule is N#CCCC(N=[N+]=[N-])C(=O)Cl. The minimum absolute atomic E-state index is 0.155. The molecule has 0 saturated carbocycles. The number of nitrogens with zero attached hydrogens (tertiary/aromatic N) is 4. The number of halogens is 1. The highest BCUT2D eigenvalue weighted by atomic mass is 35.5. The summed E-state index contributed by atoms with van der Waals surface area (Å²) in [4.78, 5) is 12.9. The Hall–Kier alpha value is -1.24. The molecule has 1 atom stereocenters. The fraction of sp³-hybridized carbons (Fsp3) is 0.600. The highest BCUT2D eigenvalue weighted by molar-refractivity contribution is 6.64. The van der Waals surface area contributed by atoms with Crippen molar-refractivity contribution in [3.05, 3.63) is 10.4 Å². The molecule has 0 heterocycles. The van der Waals surface area contributed by atoms with E-state index < -0.39 is 11.3 Å². The molecule has 1 unspecified atom stereocenters. The van der Waals surface area contributed by atoms with Crippen LogP contribution in [-0.4, -0.2) is 11.3 Å². The minimum Gasteiger partial charge on any atom is -0.281 e. The van der Waals surface area contributed by atoms with Crippen LogP contribution in [0, 0.1) is 11.3 Å². The van der Waals surface area contributed by atoms with Crippen LogP contribution < -0.4 is 0 Å². The quantitative estimate of drug-likeness (QED) is 0.280. The second-order valence-corrected chi connectivity index (χ2v) is 2.09. The molecule has 0 fully saturated rings. The summed E-state index contributed by atoms with van der Waals surface area (Å²) in [5, 5.41) is 10.5. The van der Waals surface area contributed by atoms with Gasteiger partial charge >= 0.3 is 0 Å². The number of azide groups is 1. The van der Waals surface area contributed by atoms with E-state index in [0.717, 1.165) is 0 Å². The Kier molecular flexibility index (Phi) is 4.91. The average Bonchev–Trinajstić information content (AvgIpc) is 1.97. The number of nitriles is 1. The summed E-state index contributed by atoms with van der Waals surface area (Å²) >= 11 is 5.05. The van der Waals surface area contributed by atoms with E-state index in [2.05, 4.69) is 10.0 Å². The summed E-state index contributed by atoms with van der Waals surface area (Å²) in [6.07, 6.45) is 0.338. The largest absolute Gasteiger partial charge is 0.281 e. The lowest BCUT2D eigenvalue weighted by atomic mass is 10.2. The molecule has 0 amide bonds. The highest BCUT2D eigenvalue weighted by Crippen LogP contribution is 2.05. The third-order valence-electron chi connectivity index (χ3n) is 0.983. The number of carbonyl (C=O) groups is 1. The van der Waals surface area contributed by atoms with E-state index in [1.807, 2.05) is 6.07 Å². The van der Waals surface area contributed by atoms with E-state index in [0.29, 0.717) is 0 Å². The van der Waals surface area contributed by atoms with Gasteiger partial charge in [0.1, 0.15) is 6.04 Å². The van der Waals surface area contributed by atoms with Crippen LogP contribution in [0.1, 0.15) is 12.8 Å². The van der Waals surface area contributed by atoms with Crippen molar-refractivity contribution >= 4 is 16.8 Å². The van der Waals surface area contributed by atoms with Gasteiger partial charge in [-0.3, -0.25) is 4.79 Å². The minimum atomic E-state index is -0.902. The topological polar surface area (TPSA) is 89.6 Å². The first-order chi connectivity index (χ1) is 5.22. The Bertz CT molecular complexity index is 225. The van der Waals surface area contributed by atoms with Gasteiger partial charge in [-0.2, -0.15) is 5.26 Å². The molecule has 6 heteroatoms. The fourth-order valence-electron chi connectivity index (χ4n) is 0.480. The first kappa shape index (κ1) is 9.76. The summed E-state index contributed by atoms with van der Waals surface area (Å²) in [5.74, 6) is 0. The van der Waals surface area contributed by atoms with E-state index in [-0.39, 0.29) is 12.8 Å². The Morgan fingerprint density at radius 1 is 1.91 bits per heavy atom. The third-order valence-corrected chi connectivity index (χ3v) is 1.23. The van der Waals surface area contributed by atoms with Crippen LogP contribution in [-0.2, 0) is 4.79 Å². The Balaban J connectivity index is 4.02. The molecule has 0 N–H and O–H groups in total. The molecule has 0 aromatic rings. The number of hydrogen-bond acceptors (Lipinski definition) is 3. The Labute approximate surface area is 68.2 Å². The zero-order valence-electron chi connectivity index (χ0n) is 5.57. The summed E-state index contributed by atoms with van der Waals surface area (Å²) < 4.78 is 0. The molecule has 0 aliphatic heterocycles. The van der Waals surface area contributed by atoms with Crippen molar-refractivity contribution in [2.45, 2.75) is 18.9 Å². The standard InChI is InChI=1S/C5H5ClN4O/c6-5(11)4(9-10-8)2-1-3-7/h4H,1-2H2. The van der Waals surface area contributed by atoms with Crippen LogP contribution >= 0.6 is 11.6 Å². The van der Waals surface area contributed by atoms with Crippen LogP contribution in [0.2, 0.25) is 0 Å². The lowest BCUT2D eigenvalue weighted by Gasteiger charge is -1.99. The van der Waals surface area contributed by atoms with Gasteiger partial charge in [-0.15, -0.1) is 0 Å². The highest BCUT2D eigenvalue weighted by Gasteiger charge is 2.12. The van der Waals surface area contributed by atoms with Gasteiger partial charge in [0.2, 0.25) is 5.24 Å². The molecule has 0 rings (SSSR count). The van der Waals surface area contributed by atoms with Crippen LogP contribution in [0.3, 0.4) is 0 Å². The van der Waals surface area contributed by atoms with Gasteiger partial charge in [-0.05, 0) is 23.6 Å². The van der Waals surface area contributed by atoms with Gasteiger partial charge in [0.15, 0.2) is 0 Å². The van der Waals surface area contributed by atoms with Crippen molar-refractivity contribution in [3.63, 3.8) is 0 Å². The number of carbonyl (C=O) groups excluding carboxylic acids is 1. The first-order valence-electron chi connectivity index (χ1n) is 2.83. The predicted octanol–water partition coefficient (Wildman–Crippen LogP) is 1.73. The van der Waals surface area contributed by atoms with Gasteiger partial charge in [0.25, 0.3) is 0 Å². The molecule has 0 aliphatic rings. The van der Waals surface area contributed by atoms with E-state index in [4.69, 9.17) is 22.4 Å². The van der Waals surface area contributed by atoms with Gasteiger partial charge in [0.05, 0.1) is 6.07 Å². The summed E-state index contributed by atoms with van der Waals surface area (Å²) in [5.41, 5.74) is 7.95. The smallest absolute Gasteiger partial charge is 0.230 e. The molecule has 0 aliphatic carbocycles. The van der Waals surface area contributed by atoms with E-state index >= 15 is 0 Å². The molecular weight excluding hydrogens is 168 g/mol. The second-order valence-electron chi connectivity index (χ2n) is 1.72. The lowest BCUT2D eigenvalue weighted by molar-refractivity contribution is -0.112. The van der Waals surface area contributed by atoms with Gasteiger partial charge in [0, 0.05) is 11.3 Å². The predicted molar refractivity (Wildman–Crippen MR) is 38.6 cm³/mol. The molecule has 0 saturated heterocycles. The Morgan fingerprint density at radius 3 is 2.91 bits per heavy atom. The zero-order chi connectivity index (χ0) is 8.69. The summed E-state index contributed by atoms with van der Waals surface area (Å²) in [6.45, 7) is 0. The molecule has 5 nitrogen and oxygen atoms in total. The van der Waals surface area contributed by atoms with E-state index in [1.165, 1.54) is 0 Å². The zero-order valence-corrected chi connectivity index (χ0v) is 6.32. The molecular formula is C5H5ClN4O. The number of rotatable bonds is 4. The monoisotopic (exact) mass is 172 g/mol. The maximum atomic E-state index is 10.4. The van der Waals surface area contributed by atoms with Gasteiger partial charge in [-0.25, -0.2) is 0 Å². The molecule has 0 aromatic carbocycles. The lowest BCUT2D eigenvalue weighted by Crippen LogP contribution is -2.11. The normalized spacial score (nSPS) is 10.9. The third kappa shape index (κ3) is 4.20. The Morgan fingerprint density at radius 2 is 2.55 bits per heavy atom. The second kappa shape index (κ2) is 5.54.